The number of rotatable bonds is 5. The number of ether oxygens (including phenoxy) is 1. The standard InChI is InChI=1S/C28H25ClN6O4/c29-18-7-9-20-19(14-18)28(39-27(38)34-20)10-11-35(15-28)25(37)23(12-16-4-2-1-3-5-16)31-24(36)17-6-8-21-22(13-17)33-26(30)32-21/h1-9,13-14,23H,10-12,15H2,(H,31,36)(H,34,38)(H3,30,32,33)/t23-,28?/m0/s1. The molecule has 3 heterocycles. The van der Waals surface area contributed by atoms with Crippen LogP contribution in [-0.4, -0.2) is 51.9 Å². The Bertz CT molecular complexity index is 1610. The van der Waals surface area contributed by atoms with E-state index in [1.54, 1.807) is 41.3 Å². The van der Waals surface area contributed by atoms with E-state index in [2.05, 4.69) is 20.6 Å². The first-order valence-electron chi connectivity index (χ1n) is 12.5. The average Bonchev–Trinajstić information content (AvgIpc) is 3.51. The molecule has 1 unspecified atom stereocenters. The van der Waals surface area contributed by atoms with Gasteiger partial charge < -0.3 is 25.7 Å². The number of amides is 3. The van der Waals surface area contributed by atoms with E-state index in [1.807, 2.05) is 30.3 Å². The lowest BCUT2D eigenvalue weighted by molar-refractivity contribution is -0.133. The smallest absolute Gasteiger partial charge is 0.412 e. The van der Waals surface area contributed by atoms with Crippen LogP contribution in [0.2, 0.25) is 5.02 Å². The molecule has 2 aliphatic rings. The molecule has 2 atom stereocenters. The van der Waals surface area contributed by atoms with Crippen molar-refractivity contribution in [2.24, 2.45) is 0 Å². The number of nitrogens with one attached hydrogen (secondary N) is 3. The lowest BCUT2D eigenvalue weighted by Gasteiger charge is -2.35. The summed E-state index contributed by atoms with van der Waals surface area (Å²) in [5, 5.41) is 6.12. The van der Waals surface area contributed by atoms with Crippen LogP contribution in [0.15, 0.2) is 66.7 Å². The number of halogens is 1. The quantitative estimate of drug-likeness (QED) is 0.301. The SMILES string of the molecule is Nc1nc2cc(C(=O)N[C@@H](Cc3ccccc3)C(=O)N3CCC4(C3)OC(=O)Nc3ccc(Cl)cc34)ccc2[nH]1. The van der Waals surface area contributed by atoms with Crippen molar-refractivity contribution in [3.8, 4) is 0 Å². The summed E-state index contributed by atoms with van der Waals surface area (Å²) < 4.78 is 5.78. The molecule has 3 aromatic carbocycles. The Hall–Kier alpha value is -4.57. The zero-order chi connectivity index (χ0) is 27.1. The summed E-state index contributed by atoms with van der Waals surface area (Å²) in [6.07, 6.45) is 0.113. The largest absolute Gasteiger partial charge is 0.436 e. The first-order chi connectivity index (χ1) is 18.8. The Morgan fingerprint density at radius 3 is 2.79 bits per heavy atom. The number of hydrogen-bond donors (Lipinski definition) is 4. The Morgan fingerprint density at radius 1 is 1.15 bits per heavy atom. The molecule has 0 bridgehead atoms. The predicted octanol–water partition coefficient (Wildman–Crippen LogP) is 3.83. The van der Waals surface area contributed by atoms with Gasteiger partial charge in [0.2, 0.25) is 5.91 Å². The lowest BCUT2D eigenvalue weighted by atomic mass is 9.90. The van der Waals surface area contributed by atoms with Crippen molar-refractivity contribution < 1.29 is 19.1 Å². The molecular weight excluding hydrogens is 520 g/mol. The van der Waals surface area contributed by atoms with Crippen molar-refractivity contribution in [2.75, 3.05) is 24.1 Å². The number of benzene rings is 3. The Morgan fingerprint density at radius 2 is 1.97 bits per heavy atom. The number of aromatic nitrogens is 2. The molecule has 2 aliphatic heterocycles. The molecule has 39 heavy (non-hydrogen) atoms. The van der Waals surface area contributed by atoms with Gasteiger partial charge in [0.25, 0.3) is 5.91 Å². The Labute approximate surface area is 228 Å². The fraction of sp³-hybridized carbons (Fsp3) is 0.214. The minimum atomic E-state index is -1.02. The summed E-state index contributed by atoms with van der Waals surface area (Å²) in [7, 11) is 0. The first kappa shape index (κ1) is 24.7. The zero-order valence-electron chi connectivity index (χ0n) is 20.7. The molecule has 198 valence electrons. The second kappa shape index (κ2) is 9.63. The maximum Gasteiger partial charge on any atom is 0.412 e. The highest BCUT2D eigenvalue weighted by Gasteiger charge is 2.49. The minimum Gasteiger partial charge on any atom is -0.436 e. The average molecular weight is 545 g/mol. The number of nitrogen functional groups attached to an aromatic ring is 1. The number of nitrogens with two attached hydrogens (primary N) is 1. The summed E-state index contributed by atoms with van der Waals surface area (Å²) in [5.41, 5.74) is 8.55. The molecule has 10 nitrogen and oxygen atoms in total. The molecule has 1 fully saturated rings. The molecular formula is C28H25ClN6O4. The van der Waals surface area contributed by atoms with Crippen LogP contribution in [0.5, 0.6) is 0 Å². The molecule has 4 aromatic rings. The highest BCUT2D eigenvalue weighted by molar-refractivity contribution is 6.30. The van der Waals surface area contributed by atoms with Crippen molar-refractivity contribution in [3.05, 3.63) is 88.4 Å². The van der Waals surface area contributed by atoms with Gasteiger partial charge in [-0.25, -0.2) is 9.78 Å². The topological polar surface area (TPSA) is 142 Å². The van der Waals surface area contributed by atoms with Crippen LogP contribution < -0.4 is 16.4 Å². The summed E-state index contributed by atoms with van der Waals surface area (Å²) in [4.78, 5) is 48.3. The van der Waals surface area contributed by atoms with Crippen LogP contribution in [0, 0.1) is 0 Å². The molecule has 5 N–H and O–H groups in total. The molecule has 6 rings (SSSR count). The number of nitrogens with zero attached hydrogens (tertiary/aromatic N) is 2. The number of anilines is 2. The molecule has 0 saturated carbocycles. The van der Waals surface area contributed by atoms with E-state index in [-0.39, 0.29) is 24.8 Å². The van der Waals surface area contributed by atoms with Crippen LogP contribution in [0.3, 0.4) is 0 Å². The highest BCUT2D eigenvalue weighted by Crippen LogP contribution is 2.43. The molecule has 0 radical (unpaired) electrons. The normalized spacial score (nSPS) is 18.9. The monoisotopic (exact) mass is 544 g/mol. The van der Waals surface area contributed by atoms with Gasteiger partial charge in [0.05, 0.1) is 23.3 Å². The van der Waals surface area contributed by atoms with Gasteiger partial charge in [-0.15, -0.1) is 0 Å². The number of H-pyrrole nitrogens is 1. The summed E-state index contributed by atoms with van der Waals surface area (Å²) in [6, 6.07) is 18.8. The maximum atomic E-state index is 13.9. The fourth-order valence-electron chi connectivity index (χ4n) is 5.32. The van der Waals surface area contributed by atoms with Gasteiger partial charge in [-0.2, -0.15) is 0 Å². The van der Waals surface area contributed by atoms with E-state index >= 15 is 0 Å². The summed E-state index contributed by atoms with van der Waals surface area (Å²) >= 11 is 6.26. The van der Waals surface area contributed by atoms with E-state index in [4.69, 9.17) is 22.1 Å². The van der Waals surface area contributed by atoms with E-state index in [0.29, 0.717) is 40.3 Å². The summed E-state index contributed by atoms with van der Waals surface area (Å²) in [6.45, 7) is 0.490. The lowest BCUT2D eigenvalue weighted by Crippen LogP contribution is -2.50. The van der Waals surface area contributed by atoms with Gasteiger partial charge >= 0.3 is 6.09 Å². The van der Waals surface area contributed by atoms with Gasteiger partial charge in [-0.1, -0.05) is 41.9 Å². The fourth-order valence-corrected chi connectivity index (χ4v) is 5.49. The predicted molar refractivity (Wildman–Crippen MR) is 146 cm³/mol. The molecule has 0 aliphatic carbocycles. The third-order valence-electron chi connectivity index (χ3n) is 7.19. The van der Waals surface area contributed by atoms with E-state index in [1.165, 1.54) is 0 Å². The number of fused-ring (bicyclic) bond motifs is 3. The highest BCUT2D eigenvalue weighted by atomic mass is 35.5. The molecule has 11 heteroatoms. The van der Waals surface area contributed by atoms with Crippen molar-refractivity contribution in [2.45, 2.75) is 24.5 Å². The maximum absolute atomic E-state index is 13.9. The van der Waals surface area contributed by atoms with E-state index in [0.717, 1.165) is 11.1 Å². The zero-order valence-corrected chi connectivity index (χ0v) is 21.5. The summed E-state index contributed by atoms with van der Waals surface area (Å²) in [5.74, 6) is -0.427. The number of carbonyl (C=O) groups is 3. The van der Waals surface area contributed by atoms with Gasteiger partial charge in [0.15, 0.2) is 11.5 Å². The number of carbonyl (C=O) groups excluding carboxylic acids is 3. The minimum absolute atomic E-state index is 0.145. The van der Waals surface area contributed by atoms with Crippen LogP contribution in [-0.2, 0) is 21.6 Å². The van der Waals surface area contributed by atoms with E-state index < -0.39 is 23.6 Å². The molecule has 1 aromatic heterocycles. The number of likely N-dealkylation sites (tertiary alicyclic amines) is 1. The van der Waals surface area contributed by atoms with Crippen LogP contribution in [0.4, 0.5) is 16.4 Å². The molecule has 3 amide bonds. The van der Waals surface area contributed by atoms with Crippen molar-refractivity contribution in [3.63, 3.8) is 0 Å². The van der Waals surface area contributed by atoms with Gasteiger partial charge in [0, 0.05) is 35.5 Å². The Kier molecular flexibility index (Phi) is 6.11. The van der Waals surface area contributed by atoms with Crippen molar-refractivity contribution in [1.82, 2.24) is 20.2 Å². The van der Waals surface area contributed by atoms with Crippen LogP contribution >= 0.6 is 11.6 Å². The number of imidazole rings is 1. The van der Waals surface area contributed by atoms with Gasteiger partial charge in [-0.05, 0) is 42.0 Å². The number of hydrogen-bond acceptors (Lipinski definition) is 6. The van der Waals surface area contributed by atoms with Crippen molar-refractivity contribution >= 4 is 52.2 Å². The third kappa shape index (κ3) is 4.74. The van der Waals surface area contributed by atoms with Crippen LogP contribution in [0.1, 0.15) is 27.9 Å². The second-order valence-corrected chi connectivity index (χ2v) is 10.2. The Balaban J connectivity index is 1.27. The van der Waals surface area contributed by atoms with Gasteiger partial charge in [0.1, 0.15) is 6.04 Å². The second-order valence-electron chi connectivity index (χ2n) is 9.78. The first-order valence-corrected chi connectivity index (χ1v) is 12.9. The van der Waals surface area contributed by atoms with E-state index in [9.17, 15) is 14.4 Å². The van der Waals surface area contributed by atoms with Crippen molar-refractivity contribution in [1.29, 1.82) is 0 Å². The van der Waals surface area contributed by atoms with Gasteiger partial charge in [-0.3, -0.25) is 14.9 Å². The van der Waals surface area contributed by atoms with Crippen LogP contribution in [0.25, 0.3) is 11.0 Å². The molecule has 1 spiro atoms. The third-order valence-corrected chi connectivity index (χ3v) is 7.43. The number of aromatic amines is 1. The molecule has 1 saturated heterocycles.